The van der Waals surface area contributed by atoms with Gasteiger partial charge in [-0.2, -0.15) is 4.98 Å². The Labute approximate surface area is 207 Å². The van der Waals surface area contributed by atoms with E-state index in [4.69, 9.17) is 21.6 Å². The number of aliphatic hydroxyl groups is 1. The number of aryl methyl sites for hydroxylation is 1. The van der Waals surface area contributed by atoms with E-state index in [0.29, 0.717) is 36.9 Å². The van der Waals surface area contributed by atoms with Crippen LogP contribution in [0, 0.1) is 5.41 Å². The van der Waals surface area contributed by atoms with Gasteiger partial charge in [0.2, 0.25) is 11.9 Å². The molecule has 34 heavy (non-hydrogen) atoms. The highest BCUT2D eigenvalue weighted by molar-refractivity contribution is 7.85. The molecule has 2 unspecified atom stereocenters. The first-order valence-corrected chi connectivity index (χ1v) is 13.8. The van der Waals surface area contributed by atoms with Crippen molar-refractivity contribution in [2.24, 2.45) is 5.41 Å². The first-order valence-electron chi connectivity index (χ1n) is 12.1. The molecule has 2 saturated heterocycles. The van der Waals surface area contributed by atoms with Crippen LogP contribution in [0.1, 0.15) is 37.8 Å². The van der Waals surface area contributed by atoms with Gasteiger partial charge in [-0.3, -0.25) is 9.00 Å². The van der Waals surface area contributed by atoms with Crippen LogP contribution >= 0.6 is 11.6 Å². The van der Waals surface area contributed by atoms with Crippen LogP contribution in [0.2, 0.25) is 0 Å². The van der Waals surface area contributed by atoms with Crippen molar-refractivity contribution >= 4 is 40.1 Å². The molecule has 3 atom stereocenters. The number of hydrogen-bond donors (Lipinski definition) is 2. The smallest absolute Gasteiger partial charge is 0.227 e. The number of aliphatic hydroxyl groups excluding tert-OH is 1. The molecular formula is C24H32ClN5O3S. The second-order valence-corrected chi connectivity index (χ2v) is 11.9. The van der Waals surface area contributed by atoms with E-state index < -0.39 is 10.8 Å². The molecule has 1 aromatic heterocycles. The number of allylic oxidation sites excluding steroid dienone is 3. The SMILES string of the molecule is CN1C[C@@H](Nc2nc(N3CCC(CO)(C4=CCC(Cl)C=C4)CC3)nc3c2S(=O)CC3)CCC1=O. The lowest BCUT2D eigenvalue weighted by Crippen LogP contribution is -2.44. The number of piperidine rings is 2. The van der Waals surface area contributed by atoms with E-state index in [9.17, 15) is 14.1 Å². The molecule has 4 aliphatic rings. The molecular weight excluding hydrogens is 474 g/mol. The number of fused-ring (bicyclic) bond motifs is 1. The Kier molecular flexibility index (Phi) is 6.70. The van der Waals surface area contributed by atoms with Gasteiger partial charge in [-0.05, 0) is 31.3 Å². The van der Waals surface area contributed by atoms with Gasteiger partial charge in [0, 0.05) is 56.7 Å². The summed E-state index contributed by atoms with van der Waals surface area (Å²) in [7, 11) is 0.707. The van der Waals surface area contributed by atoms with E-state index in [1.807, 2.05) is 13.1 Å². The van der Waals surface area contributed by atoms with Crippen LogP contribution < -0.4 is 10.2 Å². The van der Waals surface area contributed by atoms with Crippen molar-refractivity contribution in [1.29, 1.82) is 0 Å². The highest BCUT2D eigenvalue weighted by atomic mass is 35.5. The van der Waals surface area contributed by atoms with Crippen LogP contribution in [0.4, 0.5) is 11.8 Å². The second kappa shape index (κ2) is 9.59. The number of halogens is 1. The number of alkyl halides is 1. The average molecular weight is 506 g/mol. The molecule has 5 rings (SSSR count). The van der Waals surface area contributed by atoms with Gasteiger partial charge in [-0.15, -0.1) is 11.6 Å². The van der Waals surface area contributed by atoms with E-state index in [2.05, 4.69) is 22.4 Å². The van der Waals surface area contributed by atoms with Gasteiger partial charge in [0.1, 0.15) is 10.7 Å². The van der Waals surface area contributed by atoms with E-state index in [0.717, 1.165) is 49.4 Å². The van der Waals surface area contributed by atoms with Crippen LogP contribution in [0.25, 0.3) is 0 Å². The van der Waals surface area contributed by atoms with Crippen molar-refractivity contribution in [3.05, 3.63) is 29.5 Å². The lowest BCUT2D eigenvalue weighted by molar-refractivity contribution is -0.132. The van der Waals surface area contributed by atoms with Crippen molar-refractivity contribution in [2.75, 3.05) is 49.3 Å². The zero-order chi connectivity index (χ0) is 23.9. The molecule has 1 aromatic rings. The van der Waals surface area contributed by atoms with Gasteiger partial charge < -0.3 is 20.2 Å². The monoisotopic (exact) mass is 505 g/mol. The number of carbonyl (C=O) groups is 1. The van der Waals surface area contributed by atoms with E-state index in [1.165, 1.54) is 5.57 Å². The molecule has 0 saturated carbocycles. The average Bonchev–Trinajstić information content (AvgIpc) is 3.23. The summed E-state index contributed by atoms with van der Waals surface area (Å²) in [6, 6.07) is 0.0753. The molecule has 4 heterocycles. The molecule has 0 spiro atoms. The Morgan fingerprint density at radius 2 is 2.09 bits per heavy atom. The zero-order valence-electron chi connectivity index (χ0n) is 19.5. The zero-order valence-corrected chi connectivity index (χ0v) is 21.1. The highest BCUT2D eigenvalue weighted by Crippen LogP contribution is 2.42. The first-order chi connectivity index (χ1) is 16.4. The highest BCUT2D eigenvalue weighted by Gasteiger charge is 2.38. The summed E-state index contributed by atoms with van der Waals surface area (Å²) in [5.41, 5.74) is 1.77. The van der Waals surface area contributed by atoms with Gasteiger partial charge in [0.05, 0.1) is 28.5 Å². The lowest BCUT2D eigenvalue weighted by atomic mass is 9.71. The topological polar surface area (TPSA) is 98.7 Å². The summed E-state index contributed by atoms with van der Waals surface area (Å²) < 4.78 is 12.7. The maximum absolute atomic E-state index is 12.7. The van der Waals surface area contributed by atoms with Gasteiger partial charge in [-0.1, -0.05) is 18.2 Å². The fourth-order valence-electron chi connectivity index (χ4n) is 5.41. The third-order valence-electron chi connectivity index (χ3n) is 7.61. The number of likely N-dealkylation sites (N-methyl/N-ethyl adjacent to an activating group) is 1. The lowest BCUT2D eigenvalue weighted by Gasteiger charge is -2.42. The van der Waals surface area contributed by atoms with Crippen LogP contribution in [-0.4, -0.2) is 80.6 Å². The van der Waals surface area contributed by atoms with Crippen molar-refractivity contribution in [3.8, 4) is 0 Å². The van der Waals surface area contributed by atoms with Crippen LogP contribution in [0.5, 0.6) is 0 Å². The number of likely N-dealkylation sites (tertiary alicyclic amines) is 1. The summed E-state index contributed by atoms with van der Waals surface area (Å²) in [5, 5.41) is 13.8. The normalized spacial score (nSPS) is 28.6. The fraction of sp³-hybridized carbons (Fsp3) is 0.625. The van der Waals surface area contributed by atoms with Crippen LogP contribution in [-0.2, 0) is 22.0 Å². The number of nitrogens with zero attached hydrogens (tertiary/aromatic N) is 4. The minimum Gasteiger partial charge on any atom is -0.395 e. The number of carbonyl (C=O) groups excluding carboxylic acids is 1. The minimum atomic E-state index is -1.11. The quantitative estimate of drug-likeness (QED) is 0.592. The molecule has 1 amide bonds. The Morgan fingerprint density at radius 3 is 2.76 bits per heavy atom. The fourth-order valence-corrected chi connectivity index (χ4v) is 6.88. The minimum absolute atomic E-state index is 0.0259. The van der Waals surface area contributed by atoms with Gasteiger partial charge >= 0.3 is 0 Å². The molecule has 0 bridgehead atoms. The van der Waals surface area contributed by atoms with E-state index >= 15 is 0 Å². The molecule has 0 aromatic carbocycles. The maximum Gasteiger partial charge on any atom is 0.227 e. The molecule has 2 fully saturated rings. The van der Waals surface area contributed by atoms with Crippen molar-refractivity contribution < 1.29 is 14.1 Å². The van der Waals surface area contributed by atoms with Crippen LogP contribution in [0.3, 0.4) is 0 Å². The number of aromatic nitrogens is 2. The van der Waals surface area contributed by atoms with Gasteiger partial charge in [0.15, 0.2) is 0 Å². The summed E-state index contributed by atoms with van der Waals surface area (Å²) in [6.07, 6.45) is 10.6. The standard InChI is InChI=1S/C24H32ClN5O3S/c1-29-14-18(6-7-20(29)32)26-22-21-19(8-13-34(21)33)27-23(28-22)30-11-9-24(15-31,10-12-30)16-2-4-17(25)5-3-16/h2-4,17-18,31H,5-15H2,1H3,(H,26,27,28)/t17?,18-,34?/m0/s1. The number of hydrogen-bond acceptors (Lipinski definition) is 7. The van der Waals surface area contributed by atoms with Gasteiger partial charge in [-0.25, -0.2) is 4.98 Å². The Balaban J connectivity index is 1.36. The number of anilines is 2. The third kappa shape index (κ3) is 4.50. The summed E-state index contributed by atoms with van der Waals surface area (Å²) in [4.78, 5) is 26.2. The Bertz CT molecular complexity index is 1050. The van der Waals surface area contributed by atoms with Crippen molar-refractivity contribution in [1.82, 2.24) is 14.9 Å². The second-order valence-electron chi connectivity index (χ2n) is 9.80. The van der Waals surface area contributed by atoms with Crippen molar-refractivity contribution in [2.45, 2.75) is 54.8 Å². The van der Waals surface area contributed by atoms with Crippen molar-refractivity contribution in [3.63, 3.8) is 0 Å². The van der Waals surface area contributed by atoms with E-state index in [-0.39, 0.29) is 29.3 Å². The largest absolute Gasteiger partial charge is 0.395 e. The van der Waals surface area contributed by atoms with E-state index in [1.54, 1.807) is 4.90 Å². The summed E-state index contributed by atoms with van der Waals surface area (Å²) in [5.74, 6) is 2.02. The summed E-state index contributed by atoms with van der Waals surface area (Å²) >= 11 is 6.20. The molecule has 10 heteroatoms. The van der Waals surface area contributed by atoms with Crippen LogP contribution in [0.15, 0.2) is 28.7 Å². The maximum atomic E-state index is 12.7. The molecule has 1 aliphatic carbocycles. The Morgan fingerprint density at radius 1 is 1.29 bits per heavy atom. The molecule has 184 valence electrons. The predicted octanol–water partition coefficient (Wildman–Crippen LogP) is 2.25. The van der Waals surface area contributed by atoms with Gasteiger partial charge in [0.25, 0.3) is 0 Å². The predicted molar refractivity (Wildman–Crippen MR) is 134 cm³/mol. The molecule has 8 nitrogen and oxygen atoms in total. The molecule has 2 N–H and O–H groups in total. The summed E-state index contributed by atoms with van der Waals surface area (Å²) in [6.45, 7) is 2.18. The number of rotatable bonds is 5. The Hall–Kier alpha value is -1.97. The third-order valence-corrected chi connectivity index (χ3v) is 9.39. The number of amides is 1. The molecule has 0 radical (unpaired) electrons. The first kappa shape index (κ1) is 23.8. The number of nitrogens with one attached hydrogen (secondary N) is 1. The molecule has 3 aliphatic heterocycles.